The minimum atomic E-state index is -3.98. The lowest BCUT2D eigenvalue weighted by atomic mass is 10.3. The Hall–Kier alpha value is -1.39. The van der Waals surface area contributed by atoms with Gasteiger partial charge in [-0.05, 0) is 18.2 Å². The van der Waals surface area contributed by atoms with Crippen LogP contribution < -0.4 is 8.58 Å². The first kappa shape index (κ1) is 15.0. The molecule has 0 amide bonds. The van der Waals surface area contributed by atoms with Gasteiger partial charge >= 0.3 is 4.87 Å². The summed E-state index contributed by atoms with van der Waals surface area (Å²) in [4.78, 5) is 11.3. The van der Waals surface area contributed by atoms with E-state index in [-0.39, 0.29) is 10.6 Å². The minimum absolute atomic E-state index is 0.00986. The Bertz CT molecular complexity index is 905. The zero-order valence-corrected chi connectivity index (χ0v) is 13.3. The van der Waals surface area contributed by atoms with Crippen LogP contribution in [0, 0.1) is 0 Å². The van der Waals surface area contributed by atoms with Gasteiger partial charge in [0, 0.05) is 7.05 Å². The van der Waals surface area contributed by atoms with Crippen molar-refractivity contribution in [1.29, 1.82) is 0 Å². The predicted molar refractivity (Wildman–Crippen MR) is 79.2 cm³/mol. The van der Waals surface area contributed by atoms with E-state index in [1.807, 2.05) is 0 Å². The van der Waals surface area contributed by atoms with Crippen LogP contribution in [0.15, 0.2) is 23.0 Å². The monoisotopic (exact) mass is 336 g/mol. The summed E-state index contributed by atoms with van der Waals surface area (Å²) in [6.45, 7) is 0. The Kier molecular flexibility index (Phi) is 3.43. The molecule has 0 radical (unpaired) electrons. The second-order valence-electron chi connectivity index (χ2n) is 4.30. The average molecular weight is 336 g/mol. The number of rotatable bonds is 3. The molecule has 0 spiro atoms. The lowest BCUT2D eigenvalue weighted by molar-refractivity contribution is 0.591. The van der Waals surface area contributed by atoms with Gasteiger partial charge in [-0.3, -0.25) is 4.79 Å². The average Bonchev–Trinajstić information content (AvgIpc) is 2.50. The van der Waals surface area contributed by atoms with Crippen LogP contribution in [0.25, 0.3) is 10.2 Å². The van der Waals surface area contributed by atoms with Gasteiger partial charge in [0.2, 0.25) is 20.0 Å². The van der Waals surface area contributed by atoms with Gasteiger partial charge in [0.1, 0.15) is 0 Å². The molecule has 0 aliphatic heterocycles. The third-order valence-corrected chi connectivity index (χ3v) is 6.84. The third-order valence-electron chi connectivity index (χ3n) is 2.59. The van der Waals surface area contributed by atoms with Crippen LogP contribution >= 0.6 is 11.3 Å². The van der Waals surface area contributed by atoms with Gasteiger partial charge in [0.05, 0.1) is 28.4 Å². The maximum atomic E-state index is 11.7. The summed E-state index contributed by atoms with van der Waals surface area (Å²) in [5, 5.41) is 0. The van der Waals surface area contributed by atoms with E-state index in [1.165, 1.54) is 22.8 Å². The molecule has 20 heavy (non-hydrogen) atoms. The van der Waals surface area contributed by atoms with Crippen molar-refractivity contribution in [3.63, 3.8) is 0 Å². The molecule has 110 valence electrons. The van der Waals surface area contributed by atoms with Crippen molar-refractivity contribution < 1.29 is 16.8 Å². The maximum Gasteiger partial charge on any atom is 0.307 e. The smallest absolute Gasteiger partial charge is 0.302 e. The van der Waals surface area contributed by atoms with Gasteiger partial charge in [-0.25, -0.2) is 16.8 Å². The van der Waals surface area contributed by atoms with Crippen LogP contribution in [0.4, 0.5) is 5.69 Å². The molecule has 2 aromatic rings. The molecule has 0 aliphatic rings. The molecule has 7 nitrogen and oxygen atoms in total. The van der Waals surface area contributed by atoms with Crippen molar-refractivity contribution >= 4 is 47.3 Å². The molecule has 0 fully saturated rings. The number of hydrogen-bond acceptors (Lipinski definition) is 6. The summed E-state index contributed by atoms with van der Waals surface area (Å²) in [6, 6.07) is 4.26. The first-order valence-electron chi connectivity index (χ1n) is 5.32. The van der Waals surface area contributed by atoms with E-state index >= 15 is 0 Å². The fourth-order valence-corrected chi connectivity index (χ4v) is 5.74. The number of thiazole rings is 1. The highest BCUT2D eigenvalue weighted by atomic mass is 32.3. The zero-order valence-electron chi connectivity index (χ0n) is 10.9. The standard InChI is InChI=1S/C10H12N2O5S3/c1-11-8-5-4-7(6-9(8)18-10(11)13)12(19(2,14)15)20(3,16)17/h4-6H,1-3H3. The molecule has 10 heteroatoms. The maximum absolute atomic E-state index is 11.7. The molecule has 0 bridgehead atoms. The van der Waals surface area contributed by atoms with Crippen LogP contribution in [0.3, 0.4) is 0 Å². The van der Waals surface area contributed by atoms with Crippen LogP contribution in [-0.4, -0.2) is 33.9 Å². The Morgan fingerprint density at radius 3 is 2.15 bits per heavy atom. The number of aromatic nitrogens is 1. The van der Waals surface area contributed by atoms with E-state index < -0.39 is 20.0 Å². The highest BCUT2D eigenvalue weighted by Crippen LogP contribution is 2.27. The Labute approximate surface area is 120 Å². The topological polar surface area (TPSA) is 93.5 Å². The predicted octanol–water partition coefficient (Wildman–Crippen LogP) is 0.326. The molecule has 0 aliphatic carbocycles. The second kappa shape index (κ2) is 4.57. The van der Waals surface area contributed by atoms with Gasteiger partial charge in [-0.1, -0.05) is 11.3 Å². The largest absolute Gasteiger partial charge is 0.307 e. The molecule has 1 aromatic heterocycles. The fourth-order valence-electron chi connectivity index (χ4n) is 1.86. The summed E-state index contributed by atoms with van der Waals surface area (Å²) in [7, 11) is -6.38. The lowest BCUT2D eigenvalue weighted by Crippen LogP contribution is -2.35. The number of fused-ring (bicyclic) bond motifs is 1. The SMILES string of the molecule is Cn1c(=O)sc2cc(N(S(C)(=O)=O)S(C)(=O)=O)ccc21. The normalized spacial score (nSPS) is 12.8. The summed E-state index contributed by atoms with van der Waals surface area (Å²) in [6.07, 6.45) is 1.62. The minimum Gasteiger partial charge on any atom is -0.302 e. The molecular formula is C10H12N2O5S3. The highest BCUT2D eigenvalue weighted by molar-refractivity contribution is 8.09. The Morgan fingerprint density at radius 1 is 1.10 bits per heavy atom. The van der Waals surface area contributed by atoms with E-state index in [2.05, 4.69) is 0 Å². The van der Waals surface area contributed by atoms with Crippen molar-refractivity contribution in [3.8, 4) is 0 Å². The van der Waals surface area contributed by atoms with Crippen molar-refractivity contribution in [3.05, 3.63) is 27.9 Å². The van der Waals surface area contributed by atoms with E-state index in [1.54, 1.807) is 7.05 Å². The molecule has 1 heterocycles. The van der Waals surface area contributed by atoms with Crippen LogP contribution in [0.1, 0.15) is 0 Å². The number of nitrogens with zero attached hydrogens (tertiary/aromatic N) is 2. The number of aryl methyl sites for hydroxylation is 1. The summed E-state index contributed by atoms with van der Waals surface area (Å²) >= 11 is 0.923. The summed E-state index contributed by atoms with van der Waals surface area (Å²) in [5.74, 6) is 0. The van der Waals surface area contributed by atoms with Gasteiger partial charge in [0.15, 0.2) is 0 Å². The molecule has 0 N–H and O–H groups in total. The first-order valence-corrected chi connectivity index (χ1v) is 9.83. The summed E-state index contributed by atoms with van der Waals surface area (Å²) in [5.41, 5.74) is 0.607. The van der Waals surface area contributed by atoms with Crippen molar-refractivity contribution in [2.24, 2.45) is 7.05 Å². The quantitative estimate of drug-likeness (QED) is 0.805. The van der Waals surface area contributed by atoms with E-state index in [0.29, 0.717) is 13.9 Å². The zero-order chi connectivity index (χ0) is 15.3. The van der Waals surface area contributed by atoms with E-state index in [4.69, 9.17) is 0 Å². The van der Waals surface area contributed by atoms with Crippen LogP contribution in [0.5, 0.6) is 0 Å². The van der Waals surface area contributed by atoms with Gasteiger partial charge in [-0.15, -0.1) is 0 Å². The number of hydrogen-bond donors (Lipinski definition) is 0. The second-order valence-corrected chi connectivity index (χ2v) is 9.19. The van der Waals surface area contributed by atoms with Crippen molar-refractivity contribution in [2.75, 3.05) is 16.2 Å². The number of sulfonamides is 2. The Morgan fingerprint density at radius 2 is 1.65 bits per heavy atom. The lowest BCUT2D eigenvalue weighted by Gasteiger charge is -2.19. The Balaban J connectivity index is 2.77. The molecule has 2 rings (SSSR count). The molecular weight excluding hydrogens is 324 g/mol. The van der Waals surface area contributed by atoms with Gasteiger partial charge < -0.3 is 4.57 Å². The van der Waals surface area contributed by atoms with E-state index in [0.717, 1.165) is 23.8 Å². The molecule has 0 atom stereocenters. The number of benzene rings is 1. The van der Waals surface area contributed by atoms with Crippen LogP contribution in [-0.2, 0) is 27.1 Å². The van der Waals surface area contributed by atoms with Crippen molar-refractivity contribution in [1.82, 2.24) is 4.57 Å². The molecule has 1 aromatic carbocycles. The van der Waals surface area contributed by atoms with Crippen LogP contribution in [0.2, 0.25) is 0 Å². The van der Waals surface area contributed by atoms with Gasteiger partial charge in [-0.2, -0.15) is 3.71 Å². The first-order chi connectivity index (χ1) is 9.01. The van der Waals surface area contributed by atoms with Gasteiger partial charge in [0.25, 0.3) is 0 Å². The summed E-state index contributed by atoms with van der Waals surface area (Å²) < 4.78 is 49.0. The third kappa shape index (κ3) is 2.58. The number of anilines is 1. The highest BCUT2D eigenvalue weighted by Gasteiger charge is 2.27. The fraction of sp³-hybridized carbons (Fsp3) is 0.300. The molecule has 0 saturated carbocycles. The van der Waals surface area contributed by atoms with Crippen molar-refractivity contribution in [2.45, 2.75) is 0 Å². The van der Waals surface area contributed by atoms with E-state index in [9.17, 15) is 21.6 Å². The molecule has 0 saturated heterocycles. The molecule has 0 unspecified atom stereocenters.